The van der Waals surface area contributed by atoms with Crippen molar-refractivity contribution < 1.29 is 9.18 Å². The monoisotopic (exact) mass is 238 g/mol. The summed E-state index contributed by atoms with van der Waals surface area (Å²) in [6.45, 7) is 2.88. The van der Waals surface area contributed by atoms with Crippen molar-refractivity contribution >= 4 is 5.91 Å². The molecular weight excluding hydrogens is 219 g/mol. The zero-order valence-corrected chi connectivity index (χ0v) is 10.3. The Hall–Kier alpha value is -1.42. The van der Waals surface area contributed by atoms with Gasteiger partial charge in [0.15, 0.2) is 0 Å². The highest BCUT2D eigenvalue weighted by Crippen LogP contribution is 2.10. The average molecular weight is 238 g/mol. The molecular formula is C13H19FN2O. The van der Waals surface area contributed by atoms with E-state index in [9.17, 15) is 9.18 Å². The summed E-state index contributed by atoms with van der Waals surface area (Å²) in [4.78, 5) is 13.5. The molecule has 1 amide bonds. The van der Waals surface area contributed by atoms with Crippen LogP contribution in [0.15, 0.2) is 24.3 Å². The van der Waals surface area contributed by atoms with Crippen LogP contribution in [0.1, 0.15) is 18.9 Å². The van der Waals surface area contributed by atoms with Crippen molar-refractivity contribution in [1.82, 2.24) is 4.90 Å². The Morgan fingerprint density at radius 3 is 2.53 bits per heavy atom. The molecule has 0 aromatic heterocycles. The second-order valence-electron chi connectivity index (χ2n) is 4.30. The number of halogens is 1. The van der Waals surface area contributed by atoms with Gasteiger partial charge in [-0.15, -0.1) is 0 Å². The molecule has 1 aromatic rings. The van der Waals surface area contributed by atoms with Gasteiger partial charge in [-0.25, -0.2) is 4.39 Å². The van der Waals surface area contributed by atoms with Crippen molar-refractivity contribution in [2.75, 3.05) is 13.6 Å². The fourth-order valence-corrected chi connectivity index (χ4v) is 1.69. The molecule has 0 aliphatic carbocycles. The highest BCUT2D eigenvalue weighted by Gasteiger charge is 2.16. The second kappa shape index (κ2) is 6.35. The minimum absolute atomic E-state index is 0.0644. The number of carbonyl (C=O) groups excluding carboxylic acids is 1. The van der Waals surface area contributed by atoms with Crippen LogP contribution in [0, 0.1) is 11.7 Å². The Balaban J connectivity index is 2.56. The van der Waals surface area contributed by atoms with E-state index in [0.29, 0.717) is 19.5 Å². The lowest BCUT2D eigenvalue weighted by Crippen LogP contribution is -2.32. The minimum atomic E-state index is -0.265. The minimum Gasteiger partial charge on any atom is -0.341 e. The number of nitrogens with two attached hydrogens (primary N) is 1. The Kier molecular flexibility index (Phi) is 5.10. The van der Waals surface area contributed by atoms with E-state index in [1.54, 1.807) is 24.1 Å². The maximum Gasteiger partial charge on any atom is 0.225 e. The zero-order valence-electron chi connectivity index (χ0n) is 10.3. The van der Waals surface area contributed by atoms with E-state index in [4.69, 9.17) is 5.73 Å². The first-order valence-electron chi connectivity index (χ1n) is 5.74. The lowest BCUT2D eigenvalue weighted by molar-refractivity contribution is -0.134. The third kappa shape index (κ3) is 4.15. The molecule has 0 aliphatic heterocycles. The summed E-state index contributed by atoms with van der Waals surface area (Å²) in [5.74, 6) is -0.260. The number of carbonyl (C=O) groups is 1. The van der Waals surface area contributed by atoms with Gasteiger partial charge in [0.1, 0.15) is 5.82 Å². The summed E-state index contributed by atoms with van der Waals surface area (Å²) >= 11 is 0. The van der Waals surface area contributed by atoms with Crippen LogP contribution in [-0.2, 0) is 11.3 Å². The first-order chi connectivity index (χ1) is 8.04. The molecule has 0 radical (unpaired) electrons. The fraction of sp³-hybridized carbons (Fsp3) is 0.462. The van der Waals surface area contributed by atoms with Gasteiger partial charge in [-0.3, -0.25) is 4.79 Å². The van der Waals surface area contributed by atoms with Crippen LogP contribution in [0.25, 0.3) is 0 Å². The summed E-state index contributed by atoms with van der Waals surface area (Å²) < 4.78 is 12.7. The summed E-state index contributed by atoms with van der Waals surface area (Å²) in [5.41, 5.74) is 6.34. The number of hydrogen-bond acceptors (Lipinski definition) is 2. The molecule has 1 rings (SSSR count). The molecule has 0 heterocycles. The molecule has 1 atom stereocenters. The molecule has 17 heavy (non-hydrogen) atoms. The van der Waals surface area contributed by atoms with Crippen LogP contribution < -0.4 is 5.73 Å². The van der Waals surface area contributed by atoms with Crippen LogP contribution in [0.5, 0.6) is 0 Å². The van der Waals surface area contributed by atoms with E-state index < -0.39 is 0 Å². The Labute approximate surface area is 101 Å². The lowest BCUT2D eigenvalue weighted by Gasteiger charge is -2.21. The van der Waals surface area contributed by atoms with Gasteiger partial charge in [-0.05, 0) is 30.7 Å². The third-order valence-electron chi connectivity index (χ3n) is 2.73. The molecule has 0 saturated carbocycles. The van der Waals surface area contributed by atoms with Crippen LogP contribution in [0.4, 0.5) is 4.39 Å². The fourth-order valence-electron chi connectivity index (χ4n) is 1.69. The summed E-state index contributed by atoms with van der Waals surface area (Å²) in [6, 6.07) is 6.17. The molecule has 94 valence electrons. The molecule has 0 spiro atoms. The molecule has 1 aromatic carbocycles. The maximum absolute atomic E-state index is 12.7. The molecule has 0 aliphatic rings. The smallest absolute Gasteiger partial charge is 0.225 e. The summed E-state index contributed by atoms with van der Waals surface area (Å²) in [6.07, 6.45) is 0.687. The maximum atomic E-state index is 12.7. The van der Waals surface area contributed by atoms with Gasteiger partial charge < -0.3 is 10.6 Å². The van der Waals surface area contributed by atoms with Gasteiger partial charge >= 0.3 is 0 Å². The number of nitrogens with zero attached hydrogens (tertiary/aromatic N) is 1. The average Bonchev–Trinajstić information content (AvgIpc) is 2.31. The molecule has 4 heteroatoms. The number of amides is 1. The third-order valence-corrected chi connectivity index (χ3v) is 2.73. The van der Waals surface area contributed by atoms with E-state index in [-0.39, 0.29) is 17.6 Å². The topological polar surface area (TPSA) is 46.3 Å². The van der Waals surface area contributed by atoms with Gasteiger partial charge in [-0.2, -0.15) is 0 Å². The van der Waals surface area contributed by atoms with Crippen molar-refractivity contribution in [3.05, 3.63) is 35.6 Å². The largest absolute Gasteiger partial charge is 0.341 e. The van der Waals surface area contributed by atoms with Crippen LogP contribution in [0.2, 0.25) is 0 Å². The van der Waals surface area contributed by atoms with E-state index in [1.165, 1.54) is 12.1 Å². The van der Waals surface area contributed by atoms with Crippen LogP contribution >= 0.6 is 0 Å². The number of hydrogen-bond donors (Lipinski definition) is 1. The Bertz CT molecular complexity index is 364. The number of benzene rings is 1. The molecule has 0 fully saturated rings. The van der Waals surface area contributed by atoms with Crippen molar-refractivity contribution in [2.45, 2.75) is 19.9 Å². The van der Waals surface area contributed by atoms with Gasteiger partial charge in [0.25, 0.3) is 0 Å². The molecule has 0 bridgehead atoms. The zero-order chi connectivity index (χ0) is 12.8. The van der Waals surface area contributed by atoms with Gasteiger partial charge in [0, 0.05) is 19.5 Å². The Morgan fingerprint density at radius 2 is 2.00 bits per heavy atom. The first kappa shape index (κ1) is 13.6. The van der Waals surface area contributed by atoms with Crippen molar-refractivity contribution in [2.24, 2.45) is 11.7 Å². The standard InChI is InChI=1S/C13H19FN2O/c1-10(7-8-15)13(17)16(2)9-11-3-5-12(14)6-4-11/h3-6,10H,7-9,15H2,1-2H3. The molecule has 0 saturated heterocycles. The van der Waals surface area contributed by atoms with Crippen molar-refractivity contribution in [1.29, 1.82) is 0 Å². The molecule has 3 nitrogen and oxygen atoms in total. The van der Waals surface area contributed by atoms with E-state index in [0.717, 1.165) is 5.56 Å². The first-order valence-corrected chi connectivity index (χ1v) is 5.74. The molecule has 1 unspecified atom stereocenters. The molecule has 2 N–H and O–H groups in total. The SMILES string of the molecule is CC(CCN)C(=O)N(C)Cc1ccc(F)cc1. The predicted octanol–water partition coefficient (Wildman–Crippen LogP) is 1.77. The highest BCUT2D eigenvalue weighted by atomic mass is 19.1. The van der Waals surface area contributed by atoms with Gasteiger partial charge in [0.05, 0.1) is 0 Å². The van der Waals surface area contributed by atoms with E-state index >= 15 is 0 Å². The van der Waals surface area contributed by atoms with Crippen molar-refractivity contribution in [3.8, 4) is 0 Å². The normalized spacial score (nSPS) is 12.2. The highest BCUT2D eigenvalue weighted by molar-refractivity contribution is 5.78. The van der Waals surface area contributed by atoms with Crippen LogP contribution in [0.3, 0.4) is 0 Å². The second-order valence-corrected chi connectivity index (χ2v) is 4.30. The van der Waals surface area contributed by atoms with Crippen molar-refractivity contribution in [3.63, 3.8) is 0 Å². The predicted molar refractivity (Wildman–Crippen MR) is 65.7 cm³/mol. The number of rotatable bonds is 5. The quantitative estimate of drug-likeness (QED) is 0.849. The van der Waals surface area contributed by atoms with Crippen LogP contribution in [-0.4, -0.2) is 24.4 Å². The lowest BCUT2D eigenvalue weighted by atomic mass is 10.1. The van der Waals surface area contributed by atoms with Gasteiger partial charge in [-0.1, -0.05) is 19.1 Å². The van der Waals surface area contributed by atoms with E-state index in [1.807, 2.05) is 6.92 Å². The summed E-state index contributed by atoms with van der Waals surface area (Å²) in [7, 11) is 1.75. The summed E-state index contributed by atoms with van der Waals surface area (Å²) in [5, 5.41) is 0. The van der Waals surface area contributed by atoms with E-state index in [2.05, 4.69) is 0 Å². The van der Waals surface area contributed by atoms with Gasteiger partial charge in [0.2, 0.25) is 5.91 Å². The Morgan fingerprint density at radius 1 is 1.41 bits per heavy atom.